The van der Waals surface area contributed by atoms with E-state index in [9.17, 15) is 4.39 Å². The molecular weight excluding hydrogens is 261 g/mol. The van der Waals surface area contributed by atoms with Crippen molar-refractivity contribution in [3.63, 3.8) is 0 Å². The van der Waals surface area contributed by atoms with E-state index in [4.69, 9.17) is 5.73 Å². The molecule has 0 aromatic heterocycles. The second-order valence-electron chi connectivity index (χ2n) is 3.49. The second kappa shape index (κ2) is 5.55. The zero-order chi connectivity index (χ0) is 11.4. The van der Waals surface area contributed by atoms with Gasteiger partial charge in [-0.25, -0.2) is 14.8 Å². The molecule has 0 aliphatic heterocycles. The topological polar surface area (TPSA) is 41.3 Å². The van der Waals surface area contributed by atoms with Crippen LogP contribution in [0.3, 0.4) is 0 Å². The van der Waals surface area contributed by atoms with Crippen molar-refractivity contribution in [1.29, 1.82) is 0 Å². The molecule has 84 valence electrons. The average Bonchev–Trinajstić information content (AvgIpc) is 2.18. The fourth-order valence-electron chi connectivity index (χ4n) is 1.30. The van der Waals surface area contributed by atoms with E-state index in [1.54, 1.807) is 11.1 Å². The highest BCUT2D eigenvalue weighted by atomic mass is 79.9. The first kappa shape index (κ1) is 12.6. The standard InChI is InChI=1S/C10H15BrFN3/c1-15(2)14-10(6-13)7-3-4-8(11)9(12)5-7/h3-5,10,14H,6,13H2,1-2H3. The van der Waals surface area contributed by atoms with E-state index in [-0.39, 0.29) is 11.9 Å². The normalized spacial score (nSPS) is 13.2. The number of benzene rings is 1. The summed E-state index contributed by atoms with van der Waals surface area (Å²) in [5.74, 6) is -0.272. The van der Waals surface area contributed by atoms with Crippen molar-refractivity contribution < 1.29 is 4.39 Å². The molecule has 0 fully saturated rings. The van der Waals surface area contributed by atoms with Crippen molar-refractivity contribution in [3.8, 4) is 0 Å². The lowest BCUT2D eigenvalue weighted by molar-refractivity contribution is 0.245. The Morgan fingerprint density at radius 3 is 2.67 bits per heavy atom. The maximum Gasteiger partial charge on any atom is 0.137 e. The van der Waals surface area contributed by atoms with Gasteiger partial charge in [-0.3, -0.25) is 0 Å². The van der Waals surface area contributed by atoms with E-state index >= 15 is 0 Å². The van der Waals surface area contributed by atoms with Gasteiger partial charge in [-0.15, -0.1) is 0 Å². The van der Waals surface area contributed by atoms with E-state index in [0.717, 1.165) is 5.56 Å². The molecule has 1 atom stereocenters. The Kier molecular flexibility index (Phi) is 4.66. The van der Waals surface area contributed by atoms with Crippen LogP contribution in [0.25, 0.3) is 0 Å². The minimum atomic E-state index is -0.272. The molecule has 3 nitrogen and oxygen atoms in total. The third-order valence-electron chi connectivity index (χ3n) is 2.00. The van der Waals surface area contributed by atoms with Gasteiger partial charge in [0.15, 0.2) is 0 Å². The van der Waals surface area contributed by atoms with Crippen LogP contribution in [0, 0.1) is 5.82 Å². The van der Waals surface area contributed by atoms with Crippen molar-refractivity contribution in [2.75, 3.05) is 20.6 Å². The van der Waals surface area contributed by atoms with Gasteiger partial charge in [-0.05, 0) is 33.6 Å². The number of hydrogen-bond acceptors (Lipinski definition) is 3. The van der Waals surface area contributed by atoms with Gasteiger partial charge in [0.05, 0.1) is 10.5 Å². The van der Waals surface area contributed by atoms with Crippen LogP contribution in [0.5, 0.6) is 0 Å². The molecule has 15 heavy (non-hydrogen) atoms. The summed E-state index contributed by atoms with van der Waals surface area (Å²) in [6.07, 6.45) is 0. The second-order valence-corrected chi connectivity index (χ2v) is 4.34. The number of hydrogen-bond donors (Lipinski definition) is 2. The van der Waals surface area contributed by atoms with Crippen molar-refractivity contribution in [2.45, 2.75) is 6.04 Å². The Balaban J connectivity index is 2.87. The largest absolute Gasteiger partial charge is 0.329 e. The van der Waals surface area contributed by atoms with Crippen LogP contribution >= 0.6 is 15.9 Å². The summed E-state index contributed by atoms with van der Waals surface area (Å²) in [6, 6.07) is 4.95. The molecule has 0 spiro atoms. The van der Waals surface area contributed by atoms with Gasteiger partial charge in [0.2, 0.25) is 0 Å². The van der Waals surface area contributed by atoms with Crippen molar-refractivity contribution in [3.05, 3.63) is 34.1 Å². The highest BCUT2D eigenvalue weighted by molar-refractivity contribution is 9.10. The summed E-state index contributed by atoms with van der Waals surface area (Å²) < 4.78 is 13.7. The number of rotatable bonds is 4. The average molecular weight is 276 g/mol. The predicted molar refractivity (Wildman–Crippen MR) is 62.7 cm³/mol. The Hall–Kier alpha value is -0.490. The van der Waals surface area contributed by atoms with E-state index in [2.05, 4.69) is 21.4 Å². The fourth-order valence-corrected chi connectivity index (χ4v) is 1.55. The first-order chi connectivity index (χ1) is 7.04. The monoisotopic (exact) mass is 275 g/mol. The number of nitrogens with zero attached hydrogens (tertiary/aromatic N) is 1. The first-order valence-corrected chi connectivity index (χ1v) is 5.42. The van der Waals surface area contributed by atoms with E-state index in [0.29, 0.717) is 11.0 Å². The number of hydrazine groups is 1. The van der Waals surface area contributed by atoms with E-state index < -0.39 is 0 Å². The van der Waals surface area contributed by atoms with Crippen LogP contribution in [-0.4, -0.2) is 25.6 Å². The highest BCUT2D eigenvalue weighted by Crippen LogP contribution is 2.20. The Morgan fingerprint density at radius 1 is 1.53 bits per heavy atom. The first-order valence-electron chi connectivity index (χ1n) is 4.63. The fraction of sp³-hybridized carbons (Fsp3) is 0.400. The van der Waals surface area contributed by atoms with Gasteiger partial charge < -0.3 is 5.73 Å². The Labute approximate surface area is 97.5 Å². The SMILES string of the molecule is CN(C)NC(CN)c1ccc(Br)c(F)c1. The number of halogens is 2. The summed E-state index contributed by atoms with van der Waals surface area (Å²) in [6.45, 7) is 0.416. The molecule has 0 saturated carbocycles. The smallest absolute Gasteiger partial charge is 0.137 e. The molecule has 1 aromatic rings. The molecule has 0 aliphatic carbocycles. The van der Waals surface area contributed by atoms with Gasteiger partial charge in [-0.2, -0.15) is 0 Å². The Morgan fingerprint density at radius 2 is 2.20 bits per heavy atom. The molecule has 0 heterocycles. The lowest BCUT2D eigenvalue weighted by Gasteiger charge is -2.22. The molecule has 1 unspecified atom stereocenters. The van der Waals surface area contributed by atoms with Crippen molar-refractivity contribution >= 4 is 15.9 Å². The Bertz CT molecular complexity index is 330. The summed E-state index contributed by atoms with van der Waals surface area (Å²) >= 11 is 3.11. The molecule has 0 bridgehead atoms. The van der Waals surface area contributed by atoms with Gasteiger partial charge in [0, 0.05) is 20.6 Å². The highest BCUT2D eigenvalue weighted by Gasteiger charge is 2.11. The molecular formula is C10H15BrFN3. The molecule has 0 radical (unpaired) electrons. The summed E-state index contributed by atoms with van der Waals surface area (Å²) in [7, 11) is 3.75. The lowest BCUT2D eigenvalue weighted by atomic mass is 10.1. The molecule has 1 aromatic carbocycles. The summed E-state index contributed by atoms with van der Waals surface area (Å²) in [5, 5.41) is 1.80. The zero-order valence-electron chi connectivity index (χ0n) is 8.80. The number of nitrogens with two attached hydrogens (primary N) is 1. The third kappa shape index (κ3) is 3.53. The van der Waals surface area contributed by atoms with Gasteiger partial charge >= 0.3 is 0 Å². The van der Waals surface area contributed by atoms with Crippen LogP contribution in [0.15, 0.2) is 22.7 Å². The van der Waals surface area contributed by atoms with Crippen molar-refractivity contribution in [2.24, 2.45) is 5.73 Å². The van der Waals surface area contributed by atoms with E-state index in [1.165, 1.54) is 6.07 Å². The van der Waals surface area contributed by atoms with Crippen LogP contribution in [0.2, 0.25) is 0 Å². The summed E-state index contributed by atoms with van der Waals surface area (Å²) in [5.41, 5.74) is 9.58. The van der Waals surface area contributed by atoms with Gasteiger partial charge in [-0.1, -0.05) is 6.07 Å². The van der Waals surface area contributed by atoms with E-state index in [1.807, 2.05) is 20.2 Å². The molecule has 3 N–H and O–H groups in total. The molecule has 0 aliphatic rings. The quantitative estimate of drug-likeness (QED) is 0.822. The maximum absolute atomic E-state index is 13.3. The number of nitrogens with one attached hydrogen (secondary N) is 1. The molecule has 0 amide bonds. The van der Waals surface area contributed by atoms with Crippen LogP contribution in [-0.2, 0) is 0 Å². The maximum atomic E-state index is 13.3. The van der Waals surface area contributed by atoms with Gasteiger partial charge in [0.1, 0.15) is 5.82 Å². The van der Waals surface area contributed by atoms with Crippen molar-refractivity contribution in [1.82, 2.24) is 10.4 Å². The molecule has 5 heteroatoms. The lowest BCUT2D eigenvalue weighted by Crippen LogP contribution is -2.38. The van der Waals surface area contributed by atoms with Crippen LogP contribution < -0.4 is 11.2 Å². The van der Waals surface area contributed by atoms with Crippen LogP contribution in [0.4, 0.5) is 4.39 Å². The molecule has 1 rings (SSSR count). The van der Waals surface area contributed by atoms with Crippen LogP contribution in [0.1, 0.15) is 11.6 Å². The summed E-state index contributed by atoms with van der Waals surface area (Å²) in [4.78, 5) is 0. The minimum absolute atomic E-state index is 0.0670. The third-order valence-corrected chi connectivity index (χ3v) is 2.64. The predicted octanol–water partition coefficient (Wildman–Crippen LogP) is 1.65. The molecule has 0 saturated heterocycles. The zero-order valence-corrected chi connectivity index (χ0v) is 10.4. The van der Waals surface area contributed by atoms with Gasteiger partial charge in [0.25, 0.3) is 0 Å². The minimum Gasteiger partial charge on any atom is -0.329 e.